The van der Waals surface area contributed by atoms with E-state index in [1.165, 1.54) is 11.1 Å². The Morgan fingerprint density at radius 2 is 1.72 bits per heavy atom. The smallest absolute Gasteiger partial charge is 0.276 e. The predicted molar refractivity (Wildman–Crippen MR) is 115 cm³/mol. The lowest BCUT2D eigenvalue weighted by atomic mass is 9.94. The molecular formula is C24H20N4O. The van der Waals surface area contributed by atoms with Gasteiger partial charge >= 0.3 is 0 Å². The summed E-state index contributed by atoms with van der Waals surface area (Å²) in [7, 11) is 0. The first kappa shape index (κ1) is 16.4. The molecule has 0 bridgehead atoms. The zero-order valence-electron chi connectivity index (χ0n) is 16.5. The third-order valence-electron chi connectivity index (χ3n) is 6.23. The number of benzene rings is 3. The van der Waals surface area contributed by atoms with Gasteiger partial charge in [0.15, 0.2) is 0 Å². The number of anilines is 2. The number of imidazole rings is 1. The van der Waals surface area contributed by atoms with Crippen LogP contribution in [-0.4, -0.2) is 15.5 Å². The van der Waals surface area contributed by atoms with E-state index in [0.717, 1.165) is 44.9 Å². The Kier molecular flexibility index (Phi) is 2.97. The standard InChI is InChI=1S/C24H20N4O/c1-13-8-9-19-17(10-13)24(23(29)26-19)27-18-7-5-4-6-16(18)22-25-20-11-14(2)15(3)12-21(20)28(22)24/h4-12,27H,1-3H3,(H,26,29). The molecular weight excluding hydrogens is 360 g/mol. The number of hydrogen-bond donors (Lipinski definition) is 2. The van der Waals surface area contributed by atoms with Crippen molar-refractivity contribution in [2.45, 2.75) is 26.4 Å². The van der Waals surface area contributed by atoms with Gasteiger partial charge in [0.2, 0.25) is 5.66 Å². The van der Waals surface area contributed by atoms with Crippen LogP contribution in [0.3, 0.4) is 0 Å². The molecule has 2 N–H and O–H groups in total. The van der Waals surface area contributed by atoms with Crippen molar-refractivity contribution in [2.75, 3.05) is 10.6 Å². The van der Waals surface area contributed by atoms with E-state index < -0.39 is 5.66 Å². The van der Waals surface area contributed by atoms with Crippen LogP contribution in [0, 0.1) is 20.8 Å². The van der Waals surface area contributed by atoms with Crippen LogP contribution in [0.2, 0.25) is 0 Å². The van der Waals surface area contributed by atoms with Gasteiger partial charge in [-0.25, -0.2) is 4.98 Å². The quantitative estimate of drug-likeness (QED) is 0.465. The molecule has 142 valence electrons. The number of carbonyl (C=O) groups excluding carboxylic acids is 1. The number of carbonyl (C=O) groups is 1. The summed E-state index contributed by atoms with van der Waals surface area (Å²) in [6, 6.07) is 18.4. The predicted octanol–water partition coefficient (Wildman–Crippen LogP) is 4.71. The number of para-hydroxylation sites is 1. The number of hydrogen-bond acceptors (Lipinski definition) is 3. The summed E-state index contributed by atoms with van der Waals surface area (Å²) in [5.74, 6) is 0.718. The molecule has 0 fully saturated rings. The molecule has 4 aromatic rings. The number of rotatable bonds is 0. The van der Waals surface area contributed by atoms with Crippen LogP contribution in [0.25, 0.3) is 22.4 Å². The third kappa shape index (κ3) is 1.94. The third-order valence-corrected chi connectivity index (χ3v) is 6.23. The molecule has 0 saturated carbocycles. The molecule has 1 atom stereocenters. The van der Waals surface area contributed by atoms with Gasteiger partial charge in [-0.05, 0) is 68.3 Å². The van der Waals surface area contributed by atoms with Crippen molar-refractivity contribution in [3.05, 3.63) is 76.9 Å². The highest BCUT2D eigenvalue weighted by molar-refractivity contribution is 6.10. The average molecular weight is 380 g/mol. The first-order valence-electron chi connectivity index (χ1n) is 9.79. The van der Waals surface area contributed by atoms with Crippen LogP contribution in [0.1, 0.15) is 22.3 Å². The Balaban J connectivity index is 1.80. The van der Waals surface area contributed by atoms with E-state index in [-0.39, 0.29) is 5.91 Å². The highest BCUT2D eigenvalue weighted by Gasteiger charge is 2.53. The van der Waals surface area contributed by atoms with Crippen molar-refractivity contribution in [2.24, 2.45) is 0 Å². The number of nitrogens with zero attached hydrogens (tertiary/aromatic N) is 2. The molecule has 1 unspecified atom stereocenters. The van der Waals surface area contributed by atoms with Crippen LogP contribution < -0.4 is 10.6 Å². The van der Waals surface area contributed by atoms with E-state index in [1.54, 1.807) is 0 Å². The van der Waals surface area contributed by atoms with Crippen molar-refractivity contribution >= 4 is 28.3 Å². The Morgan fingerprint density at radius 1 is 0.931 bits per heavy atom. The Hall–Kier alpha value is -3.60. The molecule has 0 aliphatic carbocycles. The molecule has 1 amide bonds. The minimum atomic E-state index is -1.07. The Bertz CT molecular complexity index is 1370. The minimum Gasteiger partial charge on any atom is -0.350 e. The van der Waals surface area contributed by atoms with Gasteiger partial charge in [0.25, 0.3) is 5.91 Å². The molecule has 2 aliphatic heterocycles. The van der Waals surface area contributed by atoms with Gasteiger partial charge in [0, 0.05) is 22.5 Å². The van der Waals surface area contributed by atoms with E-state index in [9.17, 15) is 4.79 Å². The van der Waals surface area contributed by atoms with Crippen LogP contribution >= 0.6 is 0 Å². The number of aryl methyl sites for hydroxylation is 3. The Morgan fingerprint density at radius 3 is 2.59 bits per heavy atom. The first-order valence-corrected chi connectivity index (χ1v) is 9.79. The first-order chi connectivity index (χ1) is 14.0. The van der Waals surface area contributed by atoms with Crippen LogP contribution in [0.5, 0.6) is 0 Å². The van der Waals surface area contributed by atoms with Crippen LogP contribution in [0.15, 0.2) is 54.6 Å². The second-order valence-electron chi connectivity index (χ2n) is 8.08. The van der Waals surface area contributed by atoms with Crippen molar-refractivity contribution in [3.8, 4) is 11.4 Å². The zero-order valence-corrected chi connectivity index (χ0v) is 16.5. The summed E-state index contributed by atoms with van der Waals surface area (Å²) in [5, 5.41) is 6.67. The molecule has 1 aromatic heterocycles. The van der Waals surface area contributed by atoms with Gasteiger partial charge in [-0.3, -0.25) is 9.36 Å². The summed E-state index contributed by atoms with van der Waals surface area (Å²) in [6.07, 6.45) is 0. The second-order valence-corrected chi connectivity index (χ2v) is 8.08. The number of fused-ring (bicyclic) bond motifs is 8. The van der Waals surface area contributed by atoms with Crippen LogP contribution in [0.4, 0.5) is 11.4 Å². The second kappa shape index (κ2) is 5.26. The van der Waals surface area contributed by atoms with Gasteiger partial charge < -0.3 is 10.6 Å². The number of aromatic nitrogens is 2. The monoisotopic (exact) mass is 380 g/mol. The molecule has 0 radical (unpaired) electrons. The van der Waals surface area contributed by atoms with Gasteiger partial charge in [-0.2, -0.15) is 0 Å². The molecule has 5 heteroatoms. The summed E-state index contributed by atoms with van der Waals surface area (Å²) >= 11 is 0. The number of nitrogens with one attached hydrogen (secondary N) is 2. The lowest BCUT2D eigenvalue weighted by Gasteiger charge is -2.37. The SMILES string of the molecule is Cc1ccc2c(c1)C1(Nc3ccccc3-c3nc4cc(C)c(C)cc4n31)C(=O)N2. The topological polar surface area (TPSA) is 59.0 Å². The summed E-state index contributed by atoms with van der Waals surface area (Å²) in [5.41, 5.74) is 7.93. The average Bonchev–Trinajstić information content (AvgIpc) is 3.19. The Labute approximate surface area is 168 Å². The maximum atomic E-state index is 13.6. The van der Waals surface area contributed by atoms with E-state index in [2.05, 4.69) is 53.3 Å². The molecule has 0 saturated heterocycles. The molecule has 29 heavy (non-hydrogen) atoms. The fourth-order valence-corrected chi connectivity index (χ4v) is 4.64. The highest BCUT2D eigenvalue weighted by Crippen LogP contribution is 2.49. The van der Waals surface area contributed by atoms with Gasteiger partial charge in [-0.1, -0.05) is 23.8 Å². The van der Waals surface area contributed by atoms with E-state index in [0.29, 0.717) is 0 Å². The summed E-state index contributed by atoms with van der Waals surface area (Å²) in [6.45, 7) is 6.24. The lowest BCUT2D eigenvalue weighted by molar-refractivity contribution is -0.120. The lowest BCUT2D eigenvalue weighted by Crippen LogP contribution is -2.50. The van der Waals surface area contributed by atoms with Gasteiger partial charge in [0.1, 0.15) is 5.82 Å². The van der Waals surface area contributed by atoms with Crippen molar-refractivity contribution in [3.63, 3.8) is 0 Å². The van der Waals surface area contributed by atoms with E-state index >= 15 is 0 Å². The normalized spacial score (nSPS) is 18.9. The highest BCUT2D eigenvalue weighted by atomic mass is 16.2. The van der Waals surface area contributed by atoms with Crippen LogP contribution in [-0.2, 0) is 10.5 Å². The summed E-state index contributed by atoms with van der Waals surface area (Å²) in [4.78, 5) is 18.6. The number of amides is 1. The van der Waals surface area contributed by atoms with Crippen molar-refractivity contribution in [1.29, 1.82) is 0 Å². The van der Waals surface area contributed by atoms with E-state index in [1.807, 2.05) is 37.3 Å². The molecule has 3 aromatic carbocycles. The largest absolute Gasteiger partial charge is 0.350 e. The van der Waals surface area contributed by atoms with Crippen molar-refractivity contribution in [1.82, 2.24) is 9.55 Å². The van der Waals surface area contributed by atoms with E-state index in [4.69, 9.17) is 4.98 Å². The van der Waals surface area contributed by atoms with Gasteiger partial charge in [-0.15, -0.1) is 0 Å². The maximum absolute atomic E-state index is 13.6. The molecule has 1 spiro atoms. The minimum absolute atomic E-state index is 0.0913. The molecule has 2 aliphatic rings. The zero-order chi connectivity index (χ0) is 19.9. The molecule has 5 nitrogen and oxygen atoms in total. The van der Waals surface area contributed by atoms with Crippen molar-refractivity contribution < 1.29 is 4.79 Å². The molecule has 6 rings (SSSR count). The maximum Gasteiger partial charge on any atom is 0.276 e. The molecule has 3 heterocycles. The summed E-state index contributed by atoms with van der Waals surface area (Å²) < 4.78 is 2.08. The fraction of sp³-hybridized carbons (Fsp3) is 0.167. The van der Waals surface area contributed by atoms with Gasteiger partial charge in [0.05, 0.1) is 11.0 Å². The fourth-order valence-electron chi connectivity index (χ4n) is 4.64.